The van der Waals surface area contributed by atoms with Crippen molar-refractivity contribution in [3.05, 3.63) is 34.9 Å². The normalized spacial score (nSPS) is 14.5. The van der Waals surface area contributed by atoms with Crippen molar-refractivity contribution < 1.29 is 31.1 Å². The Morgan fingerprint density at radius 3 is 2.19 bits per heavy atom. The van der Waals surface area contributed by atoms with Gasteiger partial charge in [0.2, 0.25) is 5.91 Å². The number of rotatable bonds is 5. The van der Waals surface area contributed by atoms with Crippen molar-refractivity contribution in [2.45, 2.75) is 31.2 Å². The van der Waals surface area contributed by atoms with Gasteiger partial charge in [0.05, 0.1) is 23.6 Å². The first-order valence-corrected chi connectivity index (χ1v) is 7.37. The van der Waals surface area contributed by atoms with Gasteiger partial charge in [-0.25, -0.2) is 0 Å². The van der Waals surface area contributed by atoms with Crippen molar-refractivity contribution in [2.24, 2.45) is 0 Å². The van der Waals surface area contributed by atoms with Crippen molar-refractivity contribution in [1.82, 2.24) is 10.2 Å². The molecule has 0 saturated carbocycles. The zero-order valence-electron chi connectivity index (χ0n) is 14.2. The Hall–Kier alpha value is -2.28. The van der Waals surface area contributed by atoms with Crippen LogP contribution in [0.3, 0.4) is 0 Å². The Kier molecular flexibility index (Phi) is 6.31. The van der Waals surface area contributed by atoms with E-state index in [-0.39, 0.29) is 5.56 Å². The number of halogens is 6. The highest BCUT2D eigenvalue weighted by atomic mass is 19.4. The lowest BCUT2D eigenvalue weighted by molar-refractivity contribution is -0.141. The minimum atomic E-state index is -4.85. The van der Waals surface area contributed by atoms with E-state index in [0.717, 1.165) is 17.0 Å². The predicted octanol–water partition coefficient (Wildman–Crippen LogP) is 3.42. The number of hydrogen-bond acceptors (Lipinski definition) is 3. The maximum Gasteiger partial charge on any atom is 0.417 e. The van der Waals surface area contributed by atoms with E-state index in [1.54, 1.807) is 0 Å². The van der Waals surface area contributed by atoms with Crippen molar-refractivity contribution in [3.63, 3.8) is 0 Å². The van der Waals surface area contributed by atoms with Gasteiger partial charge < -0.3 is 4.90 Å². The summed E-state index contributed by atoms with van der Waals surface area (Å²) in [6, 6.07) is 4.04. The summed E-state index contributed by atoms with van der Waals surface area (Å²) in [6.45, 7) is 0.536. The Balaban J connectivity index is 3.39. The number of nitrogens with zero attached hydrogens (tertiary/aromatic N) is 2. The van der Waals surface area contributed by atoms with Crippen molar-refractivity contribution in [1.29, 1.82) is 5.26 Å². The van der Waals surface area contributed by atoms with E-state index < -0.39 is 47.9 Å². The van der Waals surface area contributed by atoms with Crippen LogP contribution in [0.2, 0.25) is 0 Å². The zero-order chi connectivity index (χ0) is 20.3. The van der Waals surface area contributed by atoms with Gasteiger partial charge in [0, 0.05) is 20.6 Å². The number of carbonyl (C=O) groups is 1. The summed E-state index contributed by atoms with van der Waals surface area (Å²) in [5.41, 5.74) is -3.92. The number of nitriles is 1. The second-order valence-corrected chi connectivity index (χ2v) is 5.99. The molecule has 4 nitrogen and oxygen atoms in total. The number of amides is 1. The summed E-state index contributed by atoms with van der Waals surface area (Å²) in [7, 11) is 2.67. The molecule has 144 valence electrons. The predicted molar refractivity (Wildman–Crippen MR) is 80.9 cm³/mol. The fourth-order valence-corrected chi connectivity index (χ4v) is 2.39. The smallest absolute Gasteiger partial charge is 0.347 e. The fraction of sp³-hybridized carbons (Fsp3) is 0.500. The number of nitrogens with one attached hydrogen (secondary N) is 1. The Morgan fingerprint density at radius 1 is 1.19 bits per heavy atom. The monoisotopic (exact) mass is 381 g/mol. The molecule has 1 atom stereocenters. The third-order valence-electron chi connectivity index (χ3n) is 3.74. The molecule has 0 saturated heterocycles. The lowest BCUT2D eigenvalue weighted by Crippen LogP contribution is -2.52. The maximum absolute atomic E-state index is 13.2. The second-order valence-electron chi connectivity index (χ2n) is 5.99. The second kappa shape index (κ2) is 7.53. The third kappa shape index (κ3) is 5.11. The fourth-order valence-electron chi connectivity index (χ4n) is 2.39. The first kappa shape index (κ1) is 21.8. The van der Waals surface area contributed by atoms with Crippen LogP contribution in [-0.4, -0.2) is 37.6 Å². The molecular weight excluding hydrogens is 364 g/mol. The molecule has 0 aliphatic carbocycles. The molecule has 0 unspecified atom stereocenters. The molecule has 0 aliphatic rings. The molecule has 0 aliphatic heterocycles. The van der Waals surface area contributed by atoms with E-state index in [0.29, 0.717) is 6.07 Å². The summed E-state index contributed by atoms with van der Waals surface area (Å²) >= 11 is 0. The summed E-state index contributed by atoms with van der Waals surface area (Å²) in [6.07, 6.45) is -10.6. The first-order valence-electron chi connectivity index (χ1n) is 7.37. The molecule has 0 fully saturated rings. The molecule has 10 heteroatoms. The van der Waals surface area contributed by atoms with Gasteiger partial charge in [-0.2, -0.15) is 31.6 Å². The number of carbonyl (C=O) groups excluding carboxylic acids is 1. The SMILES string of the molecule is CN(C)C(=O)[C@](C)(NCCC(F)(F)F)c1ccc(C#N)c(C(F)(F)F)c1. The molecule has 1 aromatic rings. The average Bonchev–Trinajstić information content (AvgIpc) is 2.51. The Morgan fingerprint density at radius 2 is 1.77 bits per heavy atom. The van der Waals surface area contributed by atoms with Crippen LogP contribution < -0.4 is 5.32 Å². The third-order valence-corrected chi connectivity index (χ3v) is 3.74. The number of hydrogen-bond donors (Lipinski definition) is 1. The van der Waals surface area contributed by atoms with Crippen LogP contribution in [0.25, 0.3) is 0 Å². The molecule has 1 aromatic carbocycles. The van der Waals surface area contributed by atoms with Gasteiger partial charge in [0.25, 0.3) is 0 Å². The zero-order valence-corrected chi connectivity index (χ0v) is 14.2. The van der Waals surface area contributed by atoms with Gasteiger partial charge in [-0.3, -0.25) is 10.1 Å². The summed E-state index contributed by atoms with van der Waals surface area (Å²) in [5.74, 6) is -0.725. The topological polar surface area (TPSA) is 56.1 Å². The molecule has 0 heterocycles. The van der Waals surface area contributed by atoms with E-state index >= 15 is 0 Å². The van der Waals surface area contributed by atoms with Crippen LogP contribution >= 0.6 is 0 Å². The minimum absolute atomic E-state index is 0.190. The van der Waals surface area contributed by atoms with Gasteiger partial charge in [-0.15, -0.1) is 0 Å². The molecule has 0 bridgehead atoms. The van der Waals surface area contributed by atoms with Gasteiger partial charge >= 0.3 is 12.4 Å². The van der Waals surface area contributed by atoms with Gasteiger partial charge in [0.15, 0.2) is 0 Å². The summed E-state index contributed by atoms with van der Waals surface area (Å²) < 4.78 is 76.6. The molecule has 1 N–H and O–H groups in total. The molecule has 1 rings (SSSR count). The minimum Gasteiger partial charge on any atom is -0.347 e. The highest BCUT2D eigenvalue weighted by molar-refractivity contribution is 5.87. The highest BCUT2D eigenvalue weighted by Crippen LogP contribution is 2.35. The standard InChI is InChI=1S/C16H17F6N3O/c1-14(13(26)25(2)3,24-7-6-15(17,18)19)11-5-4-10(9-23)12(8-11)16(20,21)22/h4-5,8,24H,6-7H2,1-3H3/t14-/m1/s1. The van der Waals surface area contributed by atoms with Crippen LogP contribution in [0, 0.1) is 11.3 Å². The molecular formula is C16H17F6N3O. The van der Waals surface area contributed by atoms with E-state index in [1.807, 2.05) is 0 Å². The maximum atomic E-state index is 13.2. The summed E-state index contributed by atoms with van der Waals surface area (Å²) in [4.78, 5) is 13.5. The number of benzene rings is 1. The molecule has 0 aromatic heterocycles. The highest BCUT2D eigenvalue weighted by Gasteiger charge is 2.40. The molecule has 1 amide bonds. The van der Waals surface area contributed by atoms with Crippen LogP contribution in [0.1, 0.15) is 30.0 Å². The van der Waals surface area contributed by atoms with Crippen LogP contribution in [0.5, 0.6) is 0 Å². The van der Waals surface area contributed by atoms with E-state index in [4.69, 9.17) is 5.26 Å². The van der Waals surface area contributed by atoms with E-state index in [1.165, 1.54) is 27.1 Å². The Labute approximate surface area is 146 Å². The molecule has 0 spiro atoms. The van der Waals surface area contributed by atoms with Gasteiger partial charge in [-0.05, 0) is 24.6 Å². The quantitative estimate of drug-likeness (QED) is 0.796. The van der Waals surface area contributed by atoms with E-state index in [2.05, 4.69) is 5.32 Å². The average molecular weight is 381 g/mol. The lowest BCUT2D eigenvalue weighted by Gasteiger charge is -2.33. The number of alkyl halides is 6. The molecule has 0 radical (unpaired) electrons. The first-order chi connectivity index (χ1) is 11.7. The van der Waals surface area contributed by atoms with E-state index in [9.17, 15) is 31.1 Å². The van der Waals surface area contributed by atoms with Crippen molar-refractivity contribution >= 4 is 5.91 Å². The van der Waals surface area contributed by atoms with Crippen LogP contribution in [-0.2, 0) is 16.5 Å². The van der Waals surface area contributed by atoms with Crippen molar-refractivity contribution in [3.8, 4) is 6.07 Å². The van der Waals surface area contributed by atoms with Crippen LogP contribution in [0.4, 0.5) is 26.3 Å². The van der Waals surface area contributed by atoms with Crippen LogP contribution in [0.15, 0.2) is 18.2 Å². The van der Waals surface area contributed by atoms with Gasteiger partial charge in [-0.1, -0.05) is 6.07 Å². The lowest BCUT2D eigenvalue weighted by atomic mass is 9.87. The number of likely N-dealkylation sites (N-methyl/N-ethyl adjacent to an activating group) is 1. The Bertz CT molecular complexity index is 705. The largest absolute Gasteiger partial charge is 0.417 e. The summed E-state index contributed by atoms with van der Waals surface area (Å²) in [5, 5.41) is 11.2. The molecule has 26 heavy (non-hydrogen) atoms. The van der Waals surface area contributed by atoms with Gasteiger partial charge in [0.1, 0.15) is 5.54 Å². The van der Waals surface area contributed by atoms with Crippen molar-refractivity contribution in [2.75, 3.05) is 20.6 Å².